The normalized spacial score (nSPS) is 24.1. The van der Waals surface area contributed by atoms with Crippen LogP contribution in [0.15, 0.2) is 18.2 Å². The van der Waals surface area contributed by atoms with Crippen molar-refractivity contribution in [2.45, 2.75) is 6.23 Å². The van der Waals surface area contributed by atoms with Crippen LogP contribution in [0, 0.1) is 0 Å². The van der Waals surface area contributed by atoms with Gasteiger partial charge in [0.2, 0.25) is 0 Å². The minimum atomic E-state index is -0.749. The summed E-state index contributed by atoms with van der Waals surface area (Å²) in [7, 11) is 0. The largest absolute Gasteiger partial charge is 0.486 e. The molecule has 0 amide bonds. The van der Waals surface area contributed by atoms with Gasteiger partial charge in [-0.3, -0.25) is 0 Å². The van der Waals surface area contributed by atoms with Crippen molar-refractivity contribution < 1.29 is 19.8 Å². The average molecular weight is 252 g/mol. The van der Waals surface area contributed by atoms with E-state index in [-0.39, 0.29) is 6.54 Å². The van der Waals surface area contributed by atoms with E-state index in [0.29, 0.717) is 37.8 Å². The SMILES string of the molecule is OC1CN(O)CCN1c1cccc2c1OCCO2. The smallest absolute Gasteiger partial charge is 0.184 e. The summed E-state index contributed by atoms with van der Waals surface area (Å²) in [4.78, 5) is 1.82. The Morgan fingerprint density at radius 2 is 2.00 bits per heavy atom. The van der Waals surface area contributed by atoms with Crippen molar-refractivity contribution in [2.75, 3.05) is 37.7 Å². The topological polar surface area (TPSA) is 65.4 Å². The second-order valence-electron chi connectivity index (χ2n) is 4.39. The number of β-amino-alcohol motifs (C(OH)–C–C–N with tert-alkyl or cyclic N) is 1. The Balaban J connectivity index is 1.92. The van der Waals surface area contributed by atoms with Crippen LogP contribution < -0.4 is 14.4 Å². The number of ether oxygens (including phenoxy) is 2. The molecule has 2 N–H and O–H groups in total. The van der Waals surface area contributed by atoms with E-state index in [9.17, 15) is 10.3 Å². The molecule has 1 unspecified atom stereocenters. The number of anilines is 1. The van der Waals surface area contributed by atoms with Crippen LogP contribution in [0.5, 0.6) is 11.5 Å². The van der Waals surface area contributed by atoms with Gasteiger partial charge in [0.25, 0.3) is 0 Å². The molecule has 1 atom stereocenters. The van der Waals surface area contributed by atoms with E-state index in [1.807, 2.05) is 23.1 Å². The number of hydroxylamine groups is 2. The van der Waals surface area contributed by atoms with Crippen LogP contribution in [0.25, 0.3) is 0 Å². The van der Waals surface area contributed by atoms with E-state index in [0.717, 1.165) is 10.8 Å². The fourth-order valence-electron chi connectivity index (χ4n) is 2.32. The standard InChI is InChI=1S/C12H16N2O4/c15-11-8-13(16)4-5-14(11)9-2-1-3-10-12(9)18-7-6-17-10/h1-3,11,15-16H,4-8H2. The number of hydrogen-bond donors (Lipinski definition) is 2. The molecule has 98 valence electrons. The van der Waals surface area contributed by atoms with Gasteiger partial charge in [-0.1, -0.05) is 6.07 Å². The third-order valence-corrected chi connectivity index (χ3v) is 3.19. The first-order valence-electron chi connectivity index (χ1n) is 6.03. The molecule has 6 nitrogen and oxygen atoms in total. The highest BCUT2D eigenvalue weighted by molar-refractivity contribution is 5.65. The second-order valence-corrected chi connectivity index (χ2v) is 4.39. The molecule has 3 rings (SSSR count). The van der Waals surface area contributed by atoms with E-state index < -0.39 is 6.23 Å². The minimum absolute atomic E-state index is 0.199. The monoisotopic (exact) mass is 252 g/mol. The van der Waals surface area contributed by atoms with Gasteiger partial charge < -0.3 is 24.7 Å². The molecule has 6 heteroatoms. The molecule has 2 heterocycles. The molecule has 2 aliphatic heterocycles. The van der Waals surface area contributed by atoms with Crippen LogP contribution in [0.4, 0.5) is 5.69 Å². The highest BCUT2D eigenvalue weighted by atomic mass is 16.6. The van der Waals surface area contributed by atoms with Crippen LogP contribution in [0.1, 0.15) is 0 Å². The molecule has 1 aromatic rings. The van der Waals surface area contributed by atoms with Gasteiger partial charge in [0.05, 0.1) is 12.2 Å². The number of fused-ring (bicyclic) bond motifs is 1. The van der Waals surface area contributed by atoms with Crippen molar-refractivity contribution in [3.05, 3.63) is 18.2 Å². The molecule has 1 aromatic carbocycles. The quantitative estimate of drug-likeness (QED) is 0.749. The summed E-state index contributed by atoms with van der Waals surface area (Å²) >= 11 is 0. The Morgan fingerprint density at radius 1 is 1.17 bits per heavy atom. The van der Waals surface area contributed by atoms with Crippen LogP contribution in [0.3, 0.4) is 0 Å². The van der Waals surface area contributed by atoms with Crippen molar-refractivity contribution in [3.8, 4) is 11.5 Å². The third kappa shape index (κ3) is 1.98. The Hall–Kier alpha value is -1.50. The fourth-order valence-corrected chi connectivity index (χ4v) is 2.32. The van der Waals surface area contributed by atoms with Gasteiger partial charge in [0.15, 0.2) is 11.5 Å². The van der Waals surface area contributed by atoms with E-state index in [4.69, 9.17) is 9.47 Å². The van der Waals surface area contributed by atoms with E-state index in [1.54, 1.807) is 0 Å². The maximum atomic E-state index is 10.0. The van der Waals surface area contributed by atoms with Crippen molar-refractivity contribution in [1.82, 2.24) is 5.06 Å². The van der Waals surface area contributed by atoms with Gasteiger partial charge in [-0.05, 0) is 12.1 Å². The van der Waals surface area contributed by atoms with Gasteiger partial charge in [-0.15, -0.1) is 0 Å². The fraction of sp³-hybridized carbons (Fsp3) is 0.500. The number of nitrogens with zero attached hydrogens (tertiary/aromatic N) is 2. The van der Waals surface area contributed by atoms with E-state index in [2.05, 4.69) is 0 Å². The number of benzene rings is 1. The summed E-state index contributed by atoms with van der Waals surface area (Å²) in [6.07, 6.45) is -0.749. The highest BCUT2D eigenvalue weighted by Crippen LogP contribution is 2.40. The summed E-state index contributed by atoms with van der Waals surface area (Å²) in [5, 5.41) is 20.5. The molecule has 18 heavy (non-hydrogen) atoms. The Labute approximate surface area is 105 Å². The summed E-state index contributed by atoms with van der Waals surface area (Å²) in [5.41, 5.74) is 0.813. The van der Waals surface area contributed by atoms with Crippen LogP contribution in [0.2, 0.25) is 0 Å². The predicted molar refractivity (Wildman–Crippen MR) is 64.1 cm³/mol. The molecule has 1 fully saturated rings. The maximum Gasteiger partial charge on any atom is 0.184 e. The first-order valence-corrected chi connectivity index (χ1v) is 6.03. The molecular weight excluding hydrogens is 236 g/mol. The van der Waals surface area contributed by atoms with Crippen LogP contribution in [-0.4, -0.2) is 54.5 Å². The first kappa shape index (κ1) is 11.6. The van der Waals surface area contributed by atoms with Crippen LogP contribution >= 0.6 is 0 Å². The Bertz CT molecular complexity index is 440. The maximum absolute atomic E-state index is 10.0. The number of para-hydroxylation sites is 1. The lowest BCUT2D eigenvalue weighted by Crippen LogP contribution is -2.52. The van der Waals surface area contributed by atoms with Gasteiger partial charge in [-0.2, -0.15) is 5.06 Å². The number of aliphatic hydroxyl groups excluding tert-OH is 1. The minimum Gasteiger partial charge on any atom is -0.486 e. The molecule has 1 saturated heterocycles. The zero-order valence-corrected chi connectivity index (χ0v) is 9.95. The summed E-state index contributed by atoms with van der Waals surface area (Å²) in [5.74, 6) is 1.38. The molecule has 0 aliphatic carbocycles. The molecule has 0 aromatic heterocycles. The molecule has 0 radical (unpaired) electrons. The second kappa shape index (κ2) is 4.64. The molecule has 0 saturated carbocycles. The first-order chi connectivity index (χ1) is 8.75. The lowest BCUT2D eigenvalue weighted by atomic mass is 10.2. The number of aliphatic hydroxyl groups is 1. The van der Waals surface area contributed by atoms with Crippen molar-refractivity contribution in [3.63, 3.8) is 0 Å². The average Bonchev–Trinajstić information content (AvgIpc) is 2.38. The van der Waals surface area contributed by atoms with E-state index in [1.165, 1.54) is 0 Å². The summed E-state index contributed by atoms with van der Waals surface area (Å²) < 4.78 is 11.1. The number of rotatable bonds is 1. The lowest BCUT2D eigenvalue weighted by molar-refractivity contribution is -0.125. The summed E-state index contributed by atoms with van der Waals surface area (Å²) in [6.45, 7) is 2.28. The highest BCUT2D eigenvalue weighted by Gasteiger charge is 2.28. The van der Waals surface area contributed by atoms with Crippen molar-refractivity contribution >= 4 is 5.69 Å². The van der Waals surface area contributed by atoms with Crippen LogP contribution in [-0.2, 0) is 0 Å². The van der Waals surface area contributed by atoms with Gasteiger partial charge in [0, 0.05) is 13.1 Å². The third-order valence-electron chi connectivity index (χ3n) is 3.19. The Kier molecular flexibility index (Phi) is 2.99. The Morgan fingerprint density at radius 3 is 2.83 bits per heavy atom. The van der Waals surface area contributed by atoms with Crippen molar-refractivity contribution in [1.29, 1.82) is 0 Å². The predicted octanol–water partition coefficient (Wildman–Crippen LogP) is 0.287. The van der Waals surface area contributed by atoms with E-state index >= 15 is 0 Å². The number of piperazine rings is 1. The molecule has 0 spiro atoms. The number of hydrogen-bond acceptors (Lipinski definition) is 6. The molecule has 2 aliphatic rings. The lowest BCUT2D eigenvalue weighted by Gasteiger charge is -2.38. The van der Waals surface area contributed by atoms with Crippen molar-refractivity contribution in [2.24, 2.45) is 0 Å². The summed E-state index contributed by atoms with van der Waals surface area (Å²) in [6, 6.07) is 5.62. The van der Waals surface area contributed by atoms with Gasteiger partial charge in [0.1, 0.15) is 19.4 Å². The molecular formula is C12H16N2O4. The zero-order chi connectivity index (χ0) is 12.5. The van der Waals surface area contributed by atoms with Gasteiger partial charge in [-0.25, -0.2) is 0 Å². The van der Waals surface area contributed by atoms with Gasteiger partial charge >= 0.3 is 0 Å². The molecule has 0 bridgehead atoms. The zero-order valence-electron chi connectivity index (χ0n) is 9.95.